The third-order valence-corrected chi connectivity index (χ3v) is 5.74. The van der Waals surface area contributed by atoms with E-state index in [1.54, 1.807) is 19.1 Å². The zero-order valence-corrected chi connectivity index (χ0v) is 17.5. The number of ether oxygens (including phenoxy) is 1. The highest BCUT2D eigenvalue weighted by Crippen LogP contribution is 2.31. The van der Waals surface area contributed by atoms with Crippen LogP contribution < -0.4 is 14.4 Å². The smallest absolute Gasteiger partial charge is 0.244 e. The van der Waals surface area contributed by atoms with Gasteiger partial charge in [-0.25, -0.2) is 12.8 Å². The third kappa shape index (κ3) is 5.14. The number of amides is 1. The number of methoxy groups -OCH3 is 1. The average Bonchev–Trinajstić information content (AvgIpc) is 2.61. The van der Waals surface area contributed by atoms with Gasteiger partial charge in [0.05, 0.1) is 30.1 Å². The number of nitrogens with zero attached hydrogens (tertiary/aromatic N) is 1. The van der Waals surface area contributed by atoms with E-state index in [-0.39, 0.29) is 16.5 Å². The van der Waals surface area contributed by atoms with Crippen LogP contribution in [0.1, 0.15) is 25.5 Å². The van der Waals surface area contributed by atoms with Gasteiger partial charge in [0.1, 0.15) is 17.6 Å². The van der Waals surface area contributed by atoms with Gasteiger partial charge in [-0.1, -0.05) is 23.7 Å². The Hall–Kier alpha value is -2.32. The van der Waals surface area contributed by atoms with E-state index in [9.17, 15) is 17.6 Å². The minimum Gasteiger partial charge on any atom is -0.495 e. The number of hydrogen-bond acceptors (Lipinski definition) is 4. The van der Waals surface area contributed by atoms with Crippen molar-refractivity contribution in [3.8, 4) is 5.75 Å². The fourth-order valence-corrected chi connectivity index (χ4v) is 4.19. The summed E-state index contributed by atoms with van der Waals surface area (Å²) in [6, 6.07) is 8.70. The van der Waals surface area contributed by atoms with Gasteiger partial charge in [0.2, 0.25) is 15.9 Å². The van der Waals surface area contributed by atoms with Crippen LogP contribution in [0, 0.1) is 5.82 Å². The first kappa shape index (κ1) is 22.0. The molecule has 0 aliphatic rings. The predicted molar refractivity (Wildman–Crippen MR) is 108 cm³/mol. The Morgan fingerprint density at radius 1 is 1.18 bits per heavy atom. The van der Waals surface area contributed by atoms with Gasteiger partial charge < -0.3 is 10.1 Å². The number of hydrogen-bond donors (Lipinski definition) is 1. The largest absolute Gasteiger partial charge is 0.495 e. The monoisotopic (exact) mass is 428 g/mol. The van der Waals surface area contributed by atoms with Crippen molar-refractivity contribution >= 4 is 33.2 Å². The van der Waals surface area contributed by atoms with Gasteiger partial charge in [-0.2, -0.15) is 0 Å². The van der Waals surface area contributed by atoms with Crippen molar-refractivity contribution in [3.63, 3.8) is 0 Å². The molecule has 2 rings (SSSR count). The minimum absolute atomic E-state index is 0.223. The van der Waals surface area contributed by atoms with Crippen LogP contribution in [0.25, 0.3) is 0 Å². The maximum atomic E-state index is 13.1. The van der Waals surface area contributed by atoms with Crippen molar-refractivity contribution in [2.24, 2.45) is 0 Å². The predicted octanol–water partition coefficient (Wildman–Crippen LogP) is 3.52. The van der Waals surface area contributed by atoms with Crippen LogP contribution in [-0.4, -0.2) is 33.7 Å². The molecule has 2 atom stereocenters. The zero-order chi connectivity index (χ0) is 21.1. The molecule has 0 saturated carbocycles. The van der Waals surface area contributed by atoms with Crippen molar-refractivity contribution in [1.82, 2.24) is 5.32 Å². The Labute approximate surface area is 169 Å². The number of rotatable bonds is 7. The summed E-state index contributed by atoms with van der Waals surface area (Å²) in [4.78, 5) is 12.7. The van der Waals surface area contributed by atoms with Crippen molar-refractivity contribution in [2.75, 3.05) is 17.7 Å². The molecule has 152 valence electrons. The second-order valence-corrected chi connectivity index (χ2v) is 8.60. The molecule has 1 N–H and O–H groups in total. The Morgan fingerprint density at radius 3 is 2.29 bits per heavy atom. The number of carbonyl (C=O) groups is 1. The minimum atomic E-state index is -3.78. The molecule has 1 amide bonds. The summed E-state index contributed by atoms with van der Waals surface area (Å²) >= 11 is 6.11. The maximum absolute atomic E-state index is 13.1. The van der Waals surface area contributed by atoms with Crippen LogP contribution in [0.5, 0.6) is 5.75 Å². The van der Waals surface area contributed by atoms with Crippen LogP contribution in [-0.2, 0) is 14.8 Å². The second kappa shape index (κ2) is 8.79. The molecule has 0 bridgehead atoms. The lowest BCUT2D eigenvalue weighted by atomic mass is 10.1. The SMILES string of the molecule is COc1ccc(N([C@@H](C)C(=O)N[C@@H](C)c2ccc(F)cc2)S(C)(=O)=O)cc1Cl. The number of halogens is 2. The van der Waals surface area contributed by atoms with E-state index in [1.807, 2.05) is 0 Å². The highest BCUT2D eigenvalue weighted by molar-refractivity contribution is 7.92. The summed E-state index contributed by atoms with van der Waals surface area (Å²) < 4.78 is 43.9. The number of nitrogens with one attached hydrogen (secondary N) is 1. The van der Waals surface area contributed by atoms with Crippen LogP contribution in [0.2, 0.25) is 5.02 Å². The third-order valence-electron chi connectivity index (χ3n) is 4.21. The normalized spacial score (nSPS) is 13.5. The summed E-state index contributed by atoms with van der Waals surface area (Å²) in [6.07, 6.45) is 1.01. The maximum Gasteiger partial charge on any atom is 0.244 e. The number of sulfonamides is 1. The Balaban J connectivity index is 2.27. The van der Waals surface area contributed by atoms with Gasteiger partial charge in [0.15, 0.2) is 0 Å². The quantitative estimate of drug-likeness (QED) is 0.732. The van der Waals surface area contributed by atoms with E-state index in [0.717, 1.165) is 10.6 Å². The molecule has 0 heterocycles. The van der Waals surface area contributed by atoms with Crippen molar-refractivity contribution in [2.45, 2.75) is 25.9 Å². The molecule has 0 fully saturated rings. The molecule has 6 nitrogen and oxygen atoms in total. The van der Waals surface area contributed by atoms with E-state index >= 15 is 0 Å². The van der Waals surface area contributed by atoms with E-state index in [0.29, 0.717) is 11.3 Å². The van der Waals surface area contributed by atoms with Crippen molar-refractivity contribution < 1.29 is 22.3 Å². The zero-order valence-electron chi connectivity index (χ0n) is 15.9. The fraction of sp³-hybridized carbons (Fsp3) is 0.316. The van der Waals surface area contributed by atoms with Crippen LogP contribution in [0.15, 0.2) is 42.5 Å². The first-order valence-corrected chi connectivity index (χ1v) is 10.7. The highest BCUT2D eigenvalue weighted by atomic mass is 35.5. The molecule has 0 spiro atoms. The van der Waals surface area contributed by atoms with Crippen LogP contribution in [0.4, 0.5) is 10.1 Å². The average molecular weight is 429 g/mol. The molecule has 0 unspecified atom stereocenters. The lowest BCUT2D eigenvalue weighted by molar-refractivity contribution is -0.122. The summed E-state index contributed by atoms with van der Waals surface area (Å²) in [5.74, 6) is -0.495. The van der Waals surface area contributed by atoms with Crippen LogP contribution in [0.3, 0.4) is 0 Å². The topological polar surface area (TPSA) is 75.7 Å². The lowest BCUT2D eigenvalue weighted by Gasteiger charge is -2.29. The molecule has 9 heteroatoms. The van der Waals surface area contributed by atoms with Crippen LogP contribution >= 0.6 is 11.6 Å². The molecular weight excluding hydrogens is 407 g/mol. The van der Waals surface area contributed by atoms with Crippen molar-refractivity contribution in [3.05, 3.63) is 58.9 Å². The molecule has 0 saturated heterocycles. The molecular formula is C19H22ClFN2O4S. The van der Waals surface area contributed by atoms with Gasteiger partial charge in [0.25, 0.3) is 0 Å². The van der Waals surface area contributed by atoms with Gasteiger partial charge >= 0.3 is 0 Å². The second-order valence-electron chi connectivity index (χ2n) is 6.34. The van der Waals surface area contributed by atoms with Gasteiger partial charge in [-0.15, -0.1) is 0 Å². The molecule has 0 aliphatic heterocycles. The molecule has 0 aliphatic carbocycles. The summed E-state index contributed by atoms with van der Waals surface area (Å²) in [5.41, 5.74) is 0.936. The molecule has 28 heavy (non-hydrogen) atoms. The summed E-state index contributed by atoms with van der Waals surface area (Å²) in [6.45, 7) is 3.21. The molecule has 0 radical (unpaired) electrons. The fourth-order valence-electron chi connectivity index (χ4n) is 2.77. The van der Waals surface area contributed by atoms with E-state index in [1.165, 1.54) is 44.4 Å². The Bertz CT molecular complexity index is 951. The van der Waals surface area contributed by atoms with E-state index in [4.69, 9.17) is 16.3 Å². The first-order valence-electron chi connectivity index (χ1n) is 8.43. The first-order chi connectivity index (χ1) is 13.0. The van der Waals surface area contributed by atoms with Gasteiger partial charge in [-0.3, -0.25) is 9.10 Å². The highest BCUT2D eigenvalue weighted by Gasteiger charge is 2.30. The van der Waals surface area contributed by atoms with Gasteiger partial charge in [-0.05, 0) is 49.7 Å². The lowest BCUT2D eigenvalue weighted by Crippen LogP contribution is -2.48. The Kier molecular flexibility index (Phi) is 6.90. The van der Waals surface area contributed by atoms with Crippen molar-refractivity contribution in [1.29, 1.82) is 0 Å². The standard InChI is InChI=1S/C19H22ClFN2O4S/c1-12(14-5-7-15(21)8-6-14)22-19(24)13(2)23(28(4,25)26)16-9-10-18(27-3)17(20)11-16/h5-13H,1-4H3,(H,22,24)/t12-,13-/m0/s1. The van der Waals surface area contributed by atoms with Gasteiger partial charge in [0, 0.05) is 0 Å². The number of benzene rings is 2. The molecule has 2 aromatic rings. The van der Waals surface area contributed by atoms with E-state index in [2.05, 4.69) is 5.32 Å². The summed E-state index contributed by atoms with van der Waals surface area (Å²) in [7, 11) is -2.33. The Morgan fingerprint density at radius 2 is 1.79 bits per heavy atom. The van der Waals surface area contributed by atoms with E-state index < -0.39 is 28.0 Å². The molecule has 0 aromatic heterocycles. The number of anilines is 1. The summed E-state index contributed by atoms with van der Waals surface area (Å²) in [5, 5.41) is 2.97. The molecule has 2 aromatic carbocycles. The number of carbonyl (C=O) groups excluding carboxylic acids is 1.